The number of carboxylic acids is 1. The average molecular weight is 421 g/mol. The number of nitrogens with one attached hydrogen (secondary N) is 1. The van der Waals surface area contributed by atoms with E-state index in [2.05, 4.69) is 44.1 Å². The molecule has 0 aliphatic rings. The van der Waals surface area contributed by atoms with E-state index in [-0.39, 0.29) is 11.5 Å². The molecular weight excluding hydrogens is 402 g/mol. The standard InChI is InChI=1S/C15H19Br2NO3/c1-2-3-4-5-6-7-13(19)18-14-11(15(20)21)8-10(16)9-12(14)17/h8-9H,2-7H2,1H3,(H,18,19)(H,20,21). The molecule has 0 aliphatic carbocycles. The first-order chi connectivity index (χ1) is 9.95. The molecular formula is C15H19Br2NO3. The third-order valence-corrected chi connectivity index (χ3v) is 4.14. The number of carbonyl (C=O) groups is 2. The summed E-state index contributed by atoms with van der Waals surface area (Å²) in [6.45, 7) is 2.14. The number of hydrogen-bond acceptors (Lipinski definition) is 2. The first-order valence-electron chi connectivity index (χ1n) is 6.98. The Morgan fingerprint density at radius 3 is 2.43 bits per heavy atom. The van der Waals surface area contributed by atoms with Gasteiger partial charge in [0.2, 0.25) is 5.91 Å². The monoisotopic (exact) mass is 419 g/mol. The molecule has 6 heteroatoms. The summed E-state index contributed by atoms with van der Waals surface area (Å²) >= 11 is 6.53. The SMILES string of the molecule is CCCCCCCC(=O)Nc1c(Br)cc(Br)cc1C(=O)O. The smallest absolute Gasteiger partial charge is 0.337 e. The molecule has 1 aromatic rings. The van der Waals surface area contributed by atoms with Crippen LogP contribution < -0.4 is 5.32 Å². The molecule has 0 atom stereocenters. The number of rotatable bonds is 8. The van der Waals surface area contributed by atoms with E-state index in [4.69, 9.17) is 0 Å². The molecule has 0 unspecified atom stereocenters. The Labute approximate surface area is 141 Å². The molecule has 0 heterocycles. The van der Waals surface area contributed by atoms with Gasteiger partial charge in [0.05, 0.1) is 11.3 Å². The summed E-state index contributed by atoms with van der Waals surface area (Å²) in [5, 5.41) is 11.9. The Kier molecular flexibility index (Phi) is 7.96. The zero-order valence-corrected chi connectivity index (χ0v) is 15.1. The fourth-order valence-corrected chi connectivity index (χ4v) is 3.28. The van der Waals surface area contributed by atoms with Gasteiger partial charge in [-0.05, 0) is 34.5 Å². The number of benzene rings is 1. The van der Waals surface area contributed by atoms with Crippen LogP contribution in [0.1, 0.15) is 55.8 Å². The highest BCUT2D eigenvalue weighted by atomic mass is 79.9. The van der Waals surface area contributed by atoms with Crippen LogP contribution in [0.4, 0.5) is 5.69 Å². The van der Waals surface area contributed by atoms with Gasteiger partial charge in [0, 0.05) is 15.4 Å². The number of carboxylic acid groups (broad SMARTS) is 1. The van der Waals surface area contributed by atoms with Crippen molar-refractivity contribution in [3.8, 4) is 0 Å². The van der Waals surface area contributed by atoms with Gasteiger partial charge < -0.3 is 10.4 Å². The molecule has 2 N–H and O–H groups in total. The second kappa shape index (κ2) is 9.20. The van der Waals surface area contributed by atoms with Crippen molar-refractivity contribution in [2.75, 3.05) is 5.32 Å². The summed E-state index contributed by atoms with van der Waals surface area (Å²) in [5.41, 5.74) is 0.375. The lowest BCUT2D eigenvalue weighted by atomic mass is 10.1. The lowest BCUT2D eigenvalue weighted by molar-refractivity contribution is -0.116. The fourth-order valence-electron chi connectivity index (χ4n) is 1.96. The molecule has 0 saturated heterocycles. The maximum Gasteiger partial charge on any atom is 0.337 e. The first-order valence-corrected chi connectivity index (χ1v) is 8.56. The molecule has 0 radical (unpaired) electrons. The van der Waals surface area contributed by atoms with Crippen LogP contribution in [0.3, 0.4) is 0 Å². The number of halogens is 2. The molecule has 1 amide bonds. The van der Waals surface area contributed by atoms with Gasteiger partial charge in [0.15, 0.2) is 0 Å². The van der Waals surface area contributed by atoms with Crippen LogP contribution >= 0.6 is 31.9 Å². The molecule has 0 saturated carbocycles. The molecule has 116 valence electrons. The van der Waals surface area contributed by atoms with Gasteiger partial charge >= 0.3 is 5.97 Å². The van der Waals surface area contributed by atoms with E-state index in [1.165, 1.54) is 18.9 Å². The van der Waals surface area contributed by atoms with E-state index in [1.54, 1.807) is 6.07 Å². The minimum Gasteiger partial charge on any atom is -0.478 e. The normalized spacial score (nSPS) is 10.4. The number of aromatic carboxylic acids is 1. The van der Waals surface area contributed by atoms with E-state index in [9.17, 15) is 14.7 Å². The molecule has 0 bridgehead atoms. The molecule has 1 rings (SSSR count). The molecule has 0 spiro atoms. The Morgan fingerprint density at radius 1 is 1.14 bits per heavy atom. The average Bonchev–Trinajstić information content (AvgIpc) is 2.41. The highest BCUT2D eigenvalue weighted by Gasteiger charge is 2.16. The maximum absolute atomic E-state index is 11.9. The van der Waals surface area contributed by atoms with E-state index >= 15 is 0 Å². The van der Waals surface area contributed by atoms with Gasteiger partial charge in [0.25, 0.3) is 0 Å². The Balaban J connectivity index is 2.65. The van der Waals surface area contributed by atoms with Crippen LogP contribution in [0.5, 0.6) is 0 Å². The van der Waals surface area contributed by atoms with E-state index in [0.29, 0.717) is 21.1 Å². The van der Waals surface area contributed by atoms with Crippen molar-refractivity contribution in [3.05, 3.63) is 26.6 Å². The summed E-state index contributed by atoms with van der Waals surface area (Å²) in [4.78, 5) is 23.2. The molecule has 0 aliphatic heterocycles. The number of carbonyl (C=O) groups excluding carboxylic acids is 1. The van der Waals surface area contributed by atoms with Crippen LogP contribution in [-0.2, 0) is 4.79 Å². The van der Waals surface area contributed by atoms with Gasteiger partial charge in [-0.3, -0.25) is 4.79 Å². The van der Waals surface area contributed by atoms with Gasteiger partial charge in [-0.1, -0.05) is 48.5 Å². The predicted molar refractivity (Wildman–Crippen MR) is 90.8 cm³/mol. The lowest BCUT2D eigenvalue weighted by Crippen LogP contribution is -2.15. The second-order valence-corrected chi connectivity index (χ2v) is 6.60. The summed E-state index contributed by atoms with van der Waals surface area (Å²) in [5.74, 6) is -1.23. The lowest BCUT2D eigenvalue weighted by Gasteiger charge is -2.11. The third kappa shape index (κ3) is 6.18. The summed E-state index contributed by atoms with van der Waals surface area (Å²) < 4.78 is 1.19. The van der Waals surface area contributed by atoms with Crippen LogP contribution in [0, 0.1) is 0 Å². The van der Waals surface area contributed by atoms with Gasteiger partial charge in [0.1, 0.15) is 0 Å². The van der Waals surface area contributed by atoms with E-state index in [0.717, 1.165) is 19.3 Å². The summed E-state index contributed by atoms with van der Waals surface area (Å²) in [6.07, 6.45) is 5.73. The van der Waals surface area contributed by atoms with Crippen molar-refractivity contribution in [2.24, 2.45) is 0 Å². The first kappa shape index (κ1) is 18.2. The van der Waals surface area contributed by atoms with Crippen molar-refractivity contribution in [1.29, 1.82) is 0 Å². The van der Waals surface area contributed by atoms with Crippen molar-refractivity contribution in [2.45, 2.75) is 45.4 Å². The second-order valence-electron chi connectivity index (χ2n) is 4.83. The minimum absolute atomic E-state index is 0.0654. The number of hydrogen-bond donors (Lipinski definition) is 2. The van der Waals surface area contributed by atoms with Crippen LogP contribution in [-0.4, -0.2) is 17.0 Å². The minimum atomic E-state index is -1.07. The summed E-state index contributed by atoms with van der Waals surface area (Å²) in [7, 11) is 0. The fraction of sp³-hybridized carbons (Fsp3) is 0.467. The zero-order chi connectivity index (χ0) is 15.8. The van der Waals surface area contributed by atoms with Crippen molar-refractivity contribution >= 4 is 49.4 Å². The number of amides is 1. The largest absolute Gasteiger partial charge is 0.478 e. The van der Waals surface area contributed by atoms with E-state index in [1.807, 2.05) is 0 Å². The van der Waals surface area contributed by atoms with Crippen LogP contribution in [0.2, 0.25) is 0 Å². The Morgan fingerprint density at radius 2 is 1.81 bits per heavy atom. The van der Waals surface area contributed by atoms with Crippen molar-refractivity contribution in [3.63, 3.8) is 0 Å². The molecule has 0 fully saturated rings. The van der Waals surface area contributed by atoms with E-state index < -0.39 is 5.97 Å². The number of unbranched alkanes of at least 4 members (excludes halogenated alkanes) is 4. The van der Waals surface area contributed by atoms with Gasteiger partial charge in [-0.25, -0.2) is 4.79 Å². The van der Waals surface area contributed by atoms with Crippen molar-refractivity contribution in [1.82, 2.24) is 0 Å². The quantitative estimate of drug-likeness (QED) is 0.567. The Hall–Kier alpha value is -0.880. The molecule has 4 nitrogen and oxygen atoms in total. The van der Waals surface area contributed by atoms with Crippen molar-refractivity contribution < 1.29 is 14.7 Å². The van der Waals surface area contributed by atoms with Gasteiger partial charge in [-0.2, -0.15) is 0 Å². The highest BCUT2D eigenvalue weighted by molar-refractivity contribution is 9.11. The summed E-state index contributed by atoms with van der Waals surface area (Å²) in [6, 6.07) is 3.19. The molecule has 0 aromatic heterocycles. The zero-order valence-electron chi connectivity index (χ0n) is 11.9. The highest BCUT2D eigenvalue weighted by Crippen LogP contribution is 2.31. The van der Waals surface area contributed by atoms with Crippen LogP contribution in [0.25, 0.3) is 0 Å². The predicted octanol–water partition coefficient (Wildman–Crippen LogP) is 5.21. The Bertz CT molecular complexity index is 518. The molecule has 21 heavy (non-hydrogen) atoms. The maximum atomic E-state index is 11.9. The van der Waals surface area contributed by atoms with Crippen LogP contribution in [0.15, 0.2) is 21.1 Å². The third-order valence-electron chi connectivity index (χ3n) is 3.06. The number of anilines is 1. The topological polar surface area (TPSA) is 66.4 Å². The van der Waals surface area contributed by atoms with Gasteiger partial charge in [-0.15, -0.1) is 0 Å². The molecule has 1 aromatic carbocycles.